The number of rotatable bonds is 6. The first-order valence-electron chi connectivity index (χ1n) is 7.93. The Bertz CT molecular complexity index is 744. The predicted octanol–water partition coefficient (Wildman–Crippen LogP) is 0.935. The van der Waals surface area contributed by atoms with E-state index in [0.29, 0.717) is 25.9 Å². The molecule has 9 nitrogen and oxygen atoms in total. The van der Waals surface area contributed by atoms with Gasteiger partial charge in [-0.05, 0) is 25.8 Å². The molecule has 0 aromatic heterocycles. The number of sulfonamides is 1. The zero-order valence-corrected chi connectivity index (χ0v) is 15.0. The van der Waals surface area contributed by atoms with Gasteiger partial charge in [-0.1, -0.05) is 12.1 Å². The minimum absolute atomic E-state index is 0.128. The van der Waals surface area contributed by atoms with E-state index < -0.39 is 21.0 Å². The Labute approximate surface area is 146 Å². The number of nitro groups is 1. The van der Waals surface area contributed by atoms with E-state index in [9.17, 15) is 23.3 Å². The van der Waals surface area contributed by atoms with Crippen molar-refractivity contribution in [2.45, 2.75) is 31.8 Å². The maximum atomic E-state index is 12.4. The Morgan fingerprint density at radius 2 is 1.92 bits per heavy atom. The predicted molar refractivity (Wildman–Crippen MR) is 93.8 cm³/mol. The molecule has 0 saturated carbocycles. The van der Waals surface area contributed by atoms with Gasteiger partial charge in [-0.25, -0.2) is 13.1 Å². The third kappa shape index (κ3) is 5.48. The summed E-state index contributed by atoms with van der Waals surface area (Å²) in [5.74, 6) is -0.330. The van der Waals surface area contributed by atoms with Gasteiger partial charge in [-0.2, -0.15) is 0 Å². The molecule has 1 fully saturated rings. The van der Waals surface area contributed by atoms with Gasteiger partial charge < -0.3 is 5.32 Å². The summed E-state index contributed by atoms with van der Waals surface area (Å²) >= 11 is 0. The highest BCUT2D eigenvalue weighted by atomic mass is 32.2. The lowest BCUT2D eigenvalue weighted by Crippen LogP contribution is -2.50. The van der Waals surface area contributed by atoms with E-state index in [2.05, 4.69) is 10.0 Å². The molecule has 138 valence electrons. The van der Waals surface area contributed by atoms with Crippen molar-refractivity contribution in [3.63, 3.8) is 0 Å². The third-order valence-electron chi connectivity index (χ3n) is 4.20. The molecule has 0 aliphatic carbocycles. The molecule has 2 N–H and O–H groups in total. The van der Waals surface area contributed by atoms with Crippen molar-refractivity contribution in [2.24, 2.45) is 0 Å². The molecule has 1 aromatic carbocycles. The largest absolute Gasteiger partial charge is 0.319 e. The number of para-hydroxylation sites is 2. The highest BCUT2D eigenvalue weighted by molar-refractivity contribution is 7.88. The van der Waals surface area contributed by atoms with Gasteiger partial charge in [0.1, 0.15) is 5.69 Å². The monoisotopic (exact) mass is 370 g/mol. The number of anilines is 1. The van der Waals surface area contributed by atoms with Crippen molar-refractivity contribution >= 4 is 27.3 Å². The van der Waals surface area contributed by atoms with Crippen LogP contribution < -0.4 is 10.0 Å². The third-order valence-corrected chi connectivity index (χ3v) is 4.96. The van der Waals surface area contributed by atoms with Crippen LogP contribution in [0.3, 0.4) is 0 Å². The molecule has 0 unspecified atom stereocenters. The Morgan fingerprint density at radius 3 is 2.48 bits per heavy atom. The molecule has 1 aliphatic rings. The Hall–Kier alpha value is -2.04. The molecule has 1 aliphatic heterocycles. The van der Waals surface area contributed by atoms with Crippen LogP contribution in [-0.4, -0.2) is 55.6 Å². The second kappa shape index (κ2) is 7.89. The number of carbonyl (C=O) groups excluding carboxylic acids is 1. The van der Waals surface area contributed by atoms with Gasteiger partial charge >= 0.3 is 0 Å². The molecule has 1 aromatic rings. The van der Waals surface area contributed by atoms with Crippen LogP contribution in [0, 0.1) is 10.1 Å². The van der Waals surface area contributed by atoms with E-state index in [1.54, 1.807) is 13.0 Å². The van der Waals surface area contributed by atoms with Crippen molar-refractivity contribution in [1.82, 2.24) is 9.62 Å². The lowest BCUT2D eigenvalue weighted by molar-refractivity contribution is -0.383. The lowest BCUT2D eigenvalue weighted by atomic mass is 10.0. The SMILES string of the molecule is C[C@@H](C(=O)Nc1ccccc1[N+](=O)[O-])N1CCC(NS(C)(=O)=O)CC1. The van der Waals surface area contributed by atoms with Gasteiger partial charge in [-0.3, -0.25) is 19.8 Å². The number of piperidine rings is 1. The van der Waals surface area contributed by atoms with E-state index in [0.717, 1.165) is 6.26 Å². The molecule has 10 heteroatoms. The number of amides is 1. The summed E-state index contributed by atoms with van der Waals surface area (Å²) in [5, 5.41) is 13.6. The summed E-state index contributed by atoms with van der Waals surface area (Å²) < 4.78 is 25.1. The highest BCUT2D eigenvalue weighted by Crippen LogP contribution is 2.24. The topological polar surface area (TPSA) is 122 Å². The number of hydrogen-bond donors (Lipinski definition) is 2. The smallest absolute Gasteiger partial charge is 0.292 e. The van der Waals surface area contributed by atoms with Crippen molar-refractivity contribution in [3.05, 3.63) is 34.4 Å². The van der Waals surface area contributed by atoms with E-state index in [-0.39, 0.29) is 23.3 Å². The highest BCUT2D eigenvalue weighted by Gasteiger charge is 2.28. The van der Waals surface area contributed by atoms with Crippen LogP contribution in [0.2, 0.25) is 0 Å². The van der Waals surface area contributed by atoms with E-state index in [4.69, 9.17) is 0 Å². The summed E-state index contributed by atoms with van der Waals surface area (Å²) in [5.41, 5.74) is 0.0112. The second-order valence-corrected chi connectivity index (χ2v) is 7.92. The van der Waals surface area contributed by atoms with Crippen LogP contribution in [0.25, 0.3) is 0 Å². The summed E-state index contributed by atoms with van der Waals surface area (Å²) in [4.78, 5) is 24.8. The van der Waals surface area contributed by atoms with E-state index in [1.165, 1.54) is 18.2 Å². The van der Waals surface area contributed by atoms with Crippen LogP contribution in [0.1, 0.15) is 19.8 Å². The van der Waals surface area contributed by atoms with Gasteiger partial charge in [0.15, 0.2) is 0 Å². The molecule has 2 rings (SSSR count). The van der Waals surface area contributed by atoms with Gasteiger partial charge in [0.2, 0.25) is 15.9 Å². The van der Waals surface area contributed by atoms with E-state index >= 15 is 0 Å². The first kappa shape index (κ1) is 19.3. The fourth-order valence-electron chi connectivity index (χ4n) is 2.85. The van der Waals surface area contributed by atoms with Crippen LogP contribution >= 0.6 is 0 Å². The van der Waals surface area contributed by atoms with Crippen molar-refractivity contribution in [3.8, 4) is 0 Å². The quantitative estimate of drug-likeness (QED) is 0.568. The molecule has 1 saturated heterocycles. The number of hydrogen-bond acceptors (Lipinski definition) is 6. The molecule has 0 bridgehead atoms. The van der Waals surface area contributed by atoms with Gasteiger partial charge in [0.05, 0.1) is 17.2 Å². The number of nitrogens with one attached hydrogen (secondary N) is 2. The minimum atomic E-state index is -3.24. The summed E-state index contributed by atoms with van der Waals surface area (Å²) in [7, 11) is -3.24. The van der Waals surface area contributed by atoms with Crippen LogP contribution in [0.15, 0.2) is 24.3 Å². The molecular formula is C15H22N4O5S. The number of likely N-dealkylation sites (tertiary alicyclic amines) is 1. The molecule has 25 heavy (non-hydrogen) atoms. The first-order valence-corrected chi connectivity index (χ1v) is 9.82. The van der Waals surface area contributed by atoms with Gasteiger partial charge in [-0.15, -0.1) is 0 Å². The Morgan fingerprint density at radius 1 is 1.32 bits per heavy atom. The molecular weight excluding hydrogens is 348 g/mol. The maximum absolute atomic E-state index is 12.4. The van der Waals surface area contributed by atoms with Gasteiger partial charge in [0.25, 0.3) is 5.69 Å². The Kier molecular flexibility index (Phi) is 6.09. The minimum Gasteiger partial charge on any atom is -0.319 e. The molecule has 0 radical (unpaired) electrons. The number of benzene rings is 1. The summed E-state index contributed by atoms with van der Waals surface area (Å²) in [6.45, 7) is 2.87. The summed E-state index contributed by atoms with van der Waals surface area (Å²) in [6, 6.07) is 5.38. The summed E-state index contributed by atoms with van der Waals surface area (Å²) in [6.07, 6.45) is 2.34. The fourth-order valence-corrected chi connectivity index (χ4v) is 3.69. The van der Waals surface area contributed by atoms with Crippen molar-refractivity contribution in [1.29, 1.82) is 0 Å². The zero-order chi connectivity index (χ0) is 18.6. The van der Waals surface area contributed by atoms with E-state index in [1.807, 2.05) is 4.90 Å². The standard InChI is InChI=1S/C15H22N4O5S/c1-11(18-9-7-12(8-10-18)17-25(2,23)24)15(20)16-13-5-3-4-6-14(13)19(21)22/h3-6,11-12,17H,7-10H2,1-2H3,(H,16,20)/t11-/m0/s1. The average molecular weight is 370 g/mol. The lowest BCUT2D eigenvalue weighted by Gasteiger charge is -2.35. The van der Waals surface area contributed by atoms with Crippen molar-refractivity contribution < 1.29 is 18.1 Å². The fraction of sp³-hybridized carbons (Fsp3) is 0.533. The average Bonchev–Trinajstić information content (AvgIpc) is 2.53. The Balaban J connectivity index is 1.94. The second-order valence-electron chi connectivity index (χ2n) is 6.14. The normalized spacial score (nSPS) is 17.8. The maximum Gasteiger partial charge on any atom is 0.292 e. The first-order chi connectivity index (χ1) is 11.7. The van der Waals surface area contributed by atoms with Crippen LogP contribution in [-0.2, 0) is 14.8 Å². The number of carbonyl (C=O) groups is 1. The number of nitro benzene ring substituents is 1. The molecule has 1 heterocycles. The molecule has 1 atom stereocenters. The zero-order valence-electron chi connectivity index (χ0n) is 14.1. The van der Waals surface area contributed by atoms with Crippen LogP contribution in [0.5, 0.6) is 0 Å². The molecule has 1 amide bonds. The molecule has 0 spiro atoms. The number of nitrogens with zero attached hydrogens (tertiary/aromatic N) is 2. The van der Waals surface area contributed by atoms with Gasteiger partial charge in [0, 0.05) is 25.2 Å². The van der Waals surface area contributed by atoms with Crippen molar-refractivity contribution in [2.75, 3.05) is 24.7 Å². The van der Waals surface area contributed by atoms with Crippen LogP contribution in [0.4, 0.5) is 11.4 Å².